The highest BCUT2D eigenvalue weighted by molar-refractivity contribution is 4.92. The Morgan fingerprint density at radius 3 is 2.78 bits per heavy atom. The molecule has 0 bridgehead atoms. The number of hydrogen-bond donors (Lipinski definition) is 1. The van der Waals surface area contributed by atoms with Gasteiger partial charge in [-0.1, -0.05) is 5.21 Å². The Kier molecular flexibility index (Phi) is 6.06. The first-order valence-electron chi connectivity index (χ1n) is 5.75. The highest BCUT2D eigenvalue weighted by atomic mass is 19.4. The number of unbranched alkanes of at least 4 members (excludes halogenated alkanes) is 1. The van der Waals surface area contributed by atoms with E-state index in [1.54, 1.807) is 6.20 Å². The van der Waals surface area contributed by atoms with Crippen molar-refractivity contribution in [3.63, 3.8) is 0 Å². The fourth-order valence-electron chi connectivity index (χ4n) is 1.36. The van der Waals surface area contributed by atoms with E-state index in [1.807, 2.05) is 0 Å². The summed E-state index contributed by atoms with van der Waals surface area (Å²) in [5.41, 5.74) is 6.18. The van der Waals surface area contributed by atoms with Crippen molar-refractivity contribution in [1.82, 2.24) is 15.0 Å². The van der Waals surface area contributed by atoms with Crippen molar-refractivity contribution < 1.29 is 17.9 Å². The van der Waals surface area contributed by atoms with Crippen LogP contribution in [-0.4, -0.2) is 40.9 Å². The normalized spacial score (nSPS) is 12.0. The number of rotatable bonds is 8. The second-order valence-corrected chi connectivity index (χ2v) is 3.89. The SMILES string of the molecule is NCCCCc1cn(CCOCC(F)(F)F)nn1. The van der Waals surface area contributed by atoms with E-state index in [1.165, 1.54) is 4.68 Å². The lowest BCUT2D eigenvalue weighted by molar-refractivity contribution is -0.174. The molecule has 18 heavy (non-hydrogen) atoms. The minimum absolute atomic E-state index is 0.0366. The summed E-state index contributed by atoms with van der Waals surface area (Å²) in [6, 6.07) is 0. The molecular formula is C10H17F3N4O. The molecule has 1 aromatic rings. The van der Waals surface area contributed by atoms with Crippen LogP contribution in [0.2, 0.25) is 0 Å². The van der Waals surface area contributed by atoms with Gasteiger partial charge in [-0.2, -0.15) is 13.2 Å². The number of halogens is 3. The maximum Gasteiger partial charge on any atom is 0.411 e. The van der Waals surface area contributed by atoms with E-state index >= 15 is 0 Å². The Labute approximate surface area is 103 Å². The van der Waals surface area contributed by atoms with Crippen LogP contribution in [0.4, 0.5) is 13.2 Å². The second-order valence-electron chi connectivity index (χ2n) is 3.89. The summed E-state index contributed by atoms with van der Waals surface area (Å²) in [4.78, 5) is 0. The maximum atomic E-state index is 11.8. The topological polar surface area (TPSA) is 66.0 Å². The standard InChI is InChI=1S/C10H17F3N4O/c11-10(12,13)8-18-6-5-17-7-9(15-16-17)3-1-2-4-14/h7H,1-6,8,14H2. The van der Waals surface area contributed by atoms with E-state index in [9.17, 15) is 13.2 Å². The number of nitrogens with two attached hydrogens (primary N) is 1. The summed E-state index contributed by atoms with van der Waals surface area (Å²) >= 11 is 0. The van der Waals surface area contributed by atoms with Gasteiger partial charge in [-0.05, 0) is 25.8 Å². The summed E-state index contributed by atoms with van der Waals surface area (Å²) in [5.74, 6) is 0. The Bertz CT molecular complexity index is 340. The Balaban J connectivity index is 2.19. The lowest BCUT2D eigenvalue weighted by atomic mass is 10.2. The molecule has 0 amide bonds. The van der Waals surface area contributed by atoms with Crippen LogP contribution in [0, 0.1) is 0 Å². The molecule has 0 unspecified atom stereocenters. The average Bonchev–Trinajstić information content (AvgIpc) is 2.72. The quantitative estimate of drug-likeness (QED) is 0.716. The van der Waals surface area contributed by atoms with Crippen LogP contribution in [0.5, 0.6) is 0 Å². The number of aryl methyl sites for hydroxylation is 1. The van der Waals surface area contributed by atoms with Gasteiger partial charge in [-0.3, -0.25) is 0 Å². The van der Waals surface area contributed by atoms with Crippen LogP contribution < -0.4 is 5.73 Å². The molecule has 0 saturated carbocycles. The van der Waals surface area contributed by atoms with E-state index in [0.29, 0.717) is 6.54 Å². The molecule has 0 fully saturated rings. The van der Waals surface area contributed by atoms with Gasteiger partial charge in [-0.15, -0.1) is 5.10 Å². The summed E-state index contributed by atoms with van der Waals surface area (Å²) < 4.78 is 41.3. The van der Waals surface area contributed by atoms with Gasteiger partial charge in [0.25, 0.3) is 0 Å². The molecule has 0 radical (unpaired) electrons. The molecule has 104 valence electrons. The van der Waals surface area contributed by atoms with Gasteiger partial charge in [0.1, 0.15) is 6.61 Å². The Morgan fingerprint density at radius 2 is 2.11 bits per heavy atom. The minimum Gasteiger partial charge on any atom is -0.370 e. The number of aromatic nitrogens is 3. The average molecular weight is 266 g/mol. The lowest BCUT2D eigenvalue weighted by Crippen LogP contribution is -2.19. The third-order valence-corrected chi connectivity index (χ3v) is 2.20. The zero-order valence-electron chi connectivity index (χ0n) is 9.99. The van der Waals surface area contributed by atoms with Crippen molar-refractivity contribution in [2.45, 2.75) is 32.0 Å². The summed E-state index contributed by atoms with van der Waals surface area (Å²) in [6.07, 6.45) is 0.0607. The number of hydrogen-bond acceptors (Lipinski definition) is 4. The summed E-state index contributed by atoms with van der Waals surface area (Å²) in [6.45, 7) is -0.366. The van der Waals surface area contributed by atoms with E-state index in [0.717, 1.165) is 25.0 Å². The van der Waals surface area contributed by atoms with Gasteiger partial charge in [0.2, 0.25) is 0 Å². The highest BCUT2D eigenvalue weighted by Crippen LogP contribution is 2.14. The molecule has 0 saturated heterocycles. The number of ether oxygens (including phenoxy) is 1. The lowest BCUT2D eigenvalue weighted by Gasteiger charge is -2.06. The molecule has 2 N–H and O–H groups in total. The molecule has 0 aliphatic rings. The summed E-state index contributed by atoms with van der Waals surface area (Å²) in [5, 5.41) is 7.71. The maximum absolute atomic E-state index is 11.8. The first-order chi connectivity index (χ1) is 8.51. The van der Waals surface area contributed by atoms with Crippen LogP contribution in [0.3, 0.4) is 0 Å². The molecule has 0 aromatic carbocycles. The van der Waals surface area contributed by atoms with Crippen molar-refractivity contribution in [3.8, 4) is 0 Å². The van der Waals surface area contributed by atoms with Crippen molar-refractivity contribution >= 4 is 0 Å². The monoisotopic (exact) mass is 266 g/mol. The van der Waals surface area contributed by atoms with E-state index in [4.69, 9.17) is 5.73 Å². The molecule has 5 nitrogen and oxygen atoms in total. The predicted octanol–water partition coefficient (Wildman–Crippen LogP) is 1.14. The minimum atomic E-state index is -4.28. The van der Waals surface area contributed by atoms with Gasteiger partial charge in [0, 0.05) is 6.20 Å². The van der Waals surface area contributed by atoms with Crippen molar-refractivity contribution in [3.05, 3.63) is 11.9 Å². The molecule has 0 aliphatic heterocycles. The third-order valence-electron chi connectivity index (χ3n) is 2.20. The molecule has 0 atom stereocenters. The zero-order valence-corrected chi connectivity index (χ0v) is 9.99. The van der Waals surface area contributed by atoms with Crippen LogP contribution in [0.15, 0.2) is 6.20 Å². The van der Waals surface area contributed by atoms with Crippen LogP contribution in [-0.2, 0) is 17.7 Å². The molecule has 1 heterocycles. The van der Waals surface area contributed by atoms with E-state index in [2.05, 4.69) is 15.0 Å². The van der Waals surface area contributed by atoms with E-state index in [-0.39, 0.29) is 13.2 Å². The molecule has 8 heteroatoms. The van der Waals surface area contributed by atoms with Gasteiger partial charge < -0.3 is 10.5 Å². The third kappa shape index (κ3) is 6.55. The van der Waals surface area contributed by atoms with Crippen molar-refractivity contribution in [2.75, 3.05) is 19.8 Å². The zero-order chi connectivity index (χ0) is 13.4. The molecule has 0 spiro atoms. The molecule has 1 aromatic heterocycles. The van der Waals surface area contributed by atoms with Gasteiger partial charge in [-0.25, -0.2) is 4.68 Å². The molecule has 0 aliphatic carbocycles. The van der Waals surface area contributed by atoms with Gasteiger partial charge >= 0.3 is 6.18 Å². The van der Waals surface area contributed by atoms with Gasteiger partial charge in [0.05, 0.1) is 18.8 Å². The predicted molar refractivity (Wildman–Crippen MR) is 58.9 cm³/mol. The van der Waals surface area contributed by atoms with Crippen LogP contribution in [0.1, 0.15) is 18.5 Å². The largest absolute Gasteiger partial charge is 0.411 e. The first kappa shape index (κ1) is 14.9. The fraction of sp³-hybridized carbons (Fsp3) is 0.800. The van der Waals surface area contributed by atoms with Crippen LogP contribution >= 0.6 is 0 Å². The second kappa shape index (κ2) is 7.32. The van der Waals surface area contributed by atoms with E-state index < -0.39 is 12.8 Å². The number of nitrogens with zero attached hydrogens (tertiary/aromatic N) is 3. The number of alkyl halides is 3. The van der Waals surface area contributed by atoms with Crippen molar-refractivity contribution in [2.24, 2.45) is 5.73 Å². The molecular weight excluding hydrogens is 249 g/mol. The Hall–Kier alpha value is -1.15. The Morgan fingerprint density at radius 1 is 1.33 bits per heavy atom. The van der Waals surface area contributed by atoms with Crippen LogP contribution in [0.25, 0.3) is 0 Å². The smallest absolute Gasteiger partial charge is 0.370 e. The first-order valence-corrected chi connectivity index (χ1v) is 5.75. The molecule has 1 rings (SSSR count). The van der Waals surface area contributed by atoms with Crippen molar-refractivity contribution in [1.29, 1.82) is 0 Å². The summed E-state index contributed by atoms with van der Waals surface area (Å²) in [7, 11) is 0. The fourth-order valence-corrected chi connectivity index (χ4v) is 1.36. The highest BCUT2D eigenvalue weighted by Gasteiger charge is 2.27. The van der Waals surface area contributed by atoms with Gasteiger partial charge in [0.15, 0.2) is 0 Å².